The molecule has 8 nitrogen and oxygen atoms in total. The van der Waals surface area contributed by atoms with Gasteiger partial charge in [-0.2, -0.15) is 0 Å². The molecule has 0 aromatic heterocycles. The zero-order valence-electron chi connectivity index (χ0n) is 18.4. The van der Waals surface area contributed by atoms with Crippen LogP contribution in [-0.4, -0.2) is 64.7 Å². The molecule has 8 heteroatoms. The molecule has 166 valence electrons. The topological polar surface area (TPSA) is 92.2 Å². The third-order valence-electron chi connectivity index (χ3n) is 4.97. The summed E-state index contributed by atoms with van der Waals surface area (Å²) in [4.78, 5) is 40.1. The van der Waals surface area contributed by atoms with Gasteiger partial charge in [0.25, 0.3) is 5.91 Å². The summed E-state index contributed by atoms with van der Waals surface area (Å²) in [7, 11) is 4.17. The van der Waals surface area contributed by atoms with E-state index in [-0.39, 0.29) is 24.7 Å². The SMILES string of the molecule is CCOC(=O)CCC(=O)Nc1ccc(N2CCCC2)c(C(=O)NCCC[NH+](C)C)c1. The van der Waals surface area contributed by atoms with E-state index in [0.29, 0.717) is 24.4 Å². The predicted octanol–water partition coefficient (Wildman–Crippen LogP) is 0.833. The van der Waals surface area contributed by atoms with Crippen molar-refractivity contribution in [1.29, 1.82) is 0 Å². The lowest BCUT2D eigenvalue weighted by molar-refractivity contribution is -0.858. The minimum Gasteiger partial charge on any atom is -0.466 e. The zero-order chi connectivity index (χ0) is 21.9. The maximum absolute atomic E-state index is 12.9. The lowest BCUT2D eigenvalue weighted by atomic mass is 10.1. The minimum atomic E-state index is -0.392. The van der Waals surface area contributed by atoms with E-state index in [4.69, 9.17) is 4.74 Å². The van der Waals surface area contributed by atoms with Crippen LogP contribution in [-0.2, 0) is 14.3 Å². The summed E-state index contributed by atoms with van der Waals surface area (Å²) >= 11 is 0. The number of carbonyl (C=O) groups excluding carboxylic acids is 3. The summed E-state index contributed by atoms with van der Waals surface area (Å²) in [6.45, 7) is 5.47. The van der Waals surface area contributed by atoms with E-state index in [0.717, 1.165) is 44.6 Å². The number of rotatable bonds is 11. The van der Waals surface area contributed by atoms with Crippen LogP contribution in [0.25, 0.3) is 0 Å². The summed E-state index contributed by atoms with van der Waals surface area (Å²) in [6.07, 6.45) is 3.20. The fourth-order valence-electron chi connectivity index (χ4n) is 3.44. The van der Waals surface area contributed by atoms with Crippen molar-refractivity contribution in [1.82, 2.24) is 5.32 Å². The number of esters is 1. The Morgan fingerprint density at radius 3 is 2.53 bits per heavy atom. The first kappa shape index (κ1) is 23.7. The highest BCUT2D eigenvalue weighted by molar-refractivity contribution is 6.02. The molecule has 0 radical (unpaired) electrons. The molecule has 3 N–H and O–H groups in total. The van der Waals surface area contributed by atoms with E-state index in [1.165, 1.54) is 4.90 Å². The highest BCUT2D eigenvalue weighted by Crippen LogP contribution is 2.27. The maximum Gasteiger partial charge on any atom is 0.306 e. The summed E-state index contributed by atoms with van der Waals surface area (Å²) in [5, 5.41) is 5.79. The third kappa shape index (κ3) is 7.67. The number of nitrogens with zero attached hydrogens (tertiary/aromatic N) is 1. The number of quaternary nitrogens is 1. The van der Waals surface area contributed by atoms with Crippen LogP contribution in [0.15, 0.2) is 18.2 Å². The lowest BCUT2D eigenvalue weighted by Gasteiger charge is -2.22. The number of ether oxygens (including phenoxy) is 1. The average Bonchev–Trinajstić information content (AvgIpc) is 3.24. The quantitative estimate of drug-likeness (QED) is 0.365. The van der Waals surface area contributed by atoms with Gasteiger partial charge in [0.15, 0.2) is 0 Å². The van der Waals surface area contributed by atoms with Gasteiger partial charge in [0.2, 0.25) is 5.91 Å². The van der Waals surface area contributed by atoms with Gasteiger partial charge < -0.3 is 25.2 Å². The molecule has 0 unspecified atom stereocenters. The van der Waals surface area contributed by atoms with Crippen LogP contribution in [0.1, 0.15) is 49.4 Å². The van der Waals surface area contributed by atoms with Gasteiger partial charge in [0.05, 0.1) is 39.2 Å². The van der Waals surface area contributed by atoms with Gasteiger partial charge in [0.1, 0.15) is 0 Å². The normalized spacial score (nSPS) is 13.4. The van der Waals surface area contributed by atoms with Gasteiger partial charge in [-0.25, -0.2) is 0 Å². The van der Waals surface area contributed by atoms with Crippen LogP contribution in [0, 0.1) is 0 Å². The Balaban J connectivity index is 2.05. The molecule has 1 saturated heterocycles. The van der Waals surface area contributed by atoms with E-state index in [9.17, 15) is 14.4 Å². The molecule has 0 atom stereocenters. The van der Waals surface area contributed by atoms with Crippen LogP contribution >= 0.6 is 0 Å². The Kier molecular flexibility index (Phi) is 9.60. The maximum atomic E-state index is 12.9. The van der Waals surface area contributed by atoms with Gasteiger partial charge in [-0.3, -0.25) is 14.4 Å². The molecule has 1 aliphatic heterocycles. The number of amides is 2. The van der Waals surface area contributed by atoms with Crippen molar-refractivity contribution in [3.63, 3.8) is 0 Å². The highest BCUT2D eigenvalue weighted by Gasteiger charge is 2.20. The number of anilines is 2. The van der Waals surface area contributed by atoms with Gasteiger partial charge in [0, 0.05) is 43.9 Å². The molecule has 1 aromatic rings. The second-order valence-corrected chi connectivity index (χ2v) is 7.85. The zero-order valence-corrected chi connectivity index (χ0v) is 18.4. The smallest absolute Gasteiger partial charge is 0.306 e. The van der Waals surface area contributed by atoms with Gasteiger partial charge >= 0.3 is 5.97 Å². The number of benzene rings is 1. The molecule has 30 heavy (non-hydrogen) atoms. The first-order valence-corrected chi connectivity index (χ1v) is 10.8. The van der Waals surface area contributed by atoms with Crippen molar-refractivity contribution in [3.05, 3.63) is 23.8 Å². The van der Waals surface area contributed by atoms with Crippen LogP contribution in [0.3, 0.4) is 0 Å². The van der Waals surface area contributed by atoms with Crippen molar-refractivity contribution >= 4 is 29.2 Å². The average molecular weight is 420 g/mol. The van der Waals surface area contributed by atoms with E-state index < -0.39 is 5.97 Å². The van der Waals surface area contributed by atoms with Crippen molar-refractivity contribution < 1.29 is 24.0 Å². The van der Waals surface area contributed by atoms with Crippen molar-refractivity contribution in [2.45, 2.75) is 39.0 Å². The fourth-order valence-corrected chi connectivity index (χ4v) is 3.44. The largest absolute Gasteiger partial charge is 0.466 e. The molecule has 1 heterocycles. The number of hydrogen-bond acceptors (Lipinski definition) is 5. The summed E-state index contributed by atoms with van der Waals surface area (Å²) < 4.78 is 4.85. The van der Waals surface area contributed by atoms with Gasteiger partial charge in [-0.15, -0.1) is 0 Å². The summed E-state index contributed by atoms with van der Waals surface area (Å²) in [6, 6.07) is 5.43. The van der Waals surface area contributed by atoms with E-state index in [1.807, 2.05) is 12.1 Å². The van der Waals surface area contributed by atoms with Gasteiger partial charge in [-0.1, -0.05) is 0 Å². The number of nitrogens with one attached hydrogen (secondary N) is 3. The molecule has 0 saturated carbocycles. The Hall–Kier alpha value is -2.61. The Morgan fingerprint density at radius 2 is 1.87 bits per heavy atom. The van der Waals surface area contributed by atoms with Crippen molar-refractivity contribution in [2.24, 2.45) is 0 Å². The van der Waals surface area contributed by atoms with Gasteiger partial charge in [-0.05, 0) is 38.0 Å². The second-order valence-electron chi connectivity index (χ2n) is 7.85. The molecule has 2 amide bonds. The Labute approximate surface area is 178 Å². The highest BCUT2D eigenvalue weighted by atomic mass is 16.5. The molecule has 2 rings (SSSR count). The second kappa shape index (κ2) is 12.2. The van der Waals surface area contributed by atoms with E-state index in [1.54, 1.807) is 13.0 Å². The Morgan fingerprint density at radius 1 is 1.13 bits per heavy atom. The summed E-state index contributed by atoms with van der Waals surface area (Å²) in [5.74, 6) is -0.803. The van der Waals surface area contributed by atoms with Crippen LogP contribution in [0.4, 0.5) is 11.4 Å². The van der Waals surface area contributed by atoms with E-state index in [2.05, 4.69) is 29.6 Å². The third-order valence-corrected chi connectivity index (χ3v) is 4.97. The molecule has 0 spiro atoms. The standard InChI is InChI=1S/C22H34N4O4/c1-4-30-21(28)11-10-20(27)24-17-8-9-19(26-14-5-6-15-26)18(16-17)22(29)23-12-7-13-25(2)3/h8-9,16H,4-7,10-15H2,1-3H3,(H,23,29)(H,24,27)/p+1. The lowest BCUT2D eigenvalue weighted by Crippen LogP contribution is -3.05. The monoisotopic (exact) mass is 419 g/mol. The summed E-state index contributed by atoms with van der Waals surface area (Å²) in [5.41, 5.74) is 2.01. The molecule has 1 aromatic carbocycles. The fraction of sp³-hybridized carbons (Fsp3) is 0.591. The number of hydrogen-bond donors (Lipinski definition) is 3. The molecule has 1 fully saturated rings. The number of carbonyl (C=O) groups is 3. The van der Waals surface area contributed by atoms with Crippen molar-refractivity contribution in [3.8, 4) is 0 Å². The van der Waals surface area contributed by atoms with E-state index >= 15 is 0 Å². The first-order chi connectivity index (χ1) is 14.4. The first-order valence-electron chi connectivity index (χ1n) is 10.8. The molecule has 1 aliphatic rings. The Bertz CT molecular complexity index is 730. The van der Waals surface area contributed by atoms with Crippen LogP contribution in [0.5, 0.6) is 0 Å². The van der Waals surface area contributed by atoms with Crippen LogP contribution in [0.2, 0.25) is 0 Å². The molecular formula is C22H35N4O4+. The molecule has 0 aliphatic carbocycles. The van der Waals surface area contributed by atoms with Crippen molar-refractivity contribution in [2.75, 3.05) is 57.1 Å². The molecular weight excluding hydrogens is 384 g/mol. The predicted molar refractivity (Wildman–Crippen MR) is 117 cm³/mol. The van der Waals surface area contributed by atoms with Crippen LogP contribution < -0.4 is 20.4 Å². The molecule has 0 bridgehead atoms. The minimum absolute atomic E-state index is 0.0345.